The first kappa shape index (κ1) is 42.4. The van der Waals surface area contributed by atoms with Gasteiger partial charge in [-0.05, 0) is 0 Å². The summed E-state index contributed by atoms with van der Waals surface area (Å²) in [4.78, 5) is 0. The van der Waals surface area contributed by atoms with Crippen LogP contribution in [0.2, 0.25) is 0 Å². The van der Waals surface area contributed by atoms with Crippen LogP contribution in [0.3, 0.4) is 0 Å². The second-order valence-electron chi connectivity index (χ2n) is 0. The van der Waals surface area contributed by atoms with E-state index >= 15 is 0 Å². The molecule has 0 aromatic rings. The predicted molar refractivity (Wildman–Crippen MR) is 35.8 cm³/mol. The van der Waals surface area contributed by atoms with Crippen LogP contribution in [0.5, 0.6) is 0 Å². The minimum absolute atomic E-state index is 0. The molecule has 0 rings (SSSR count). The van der Waals surface area contributed by atoms with Gasteiger partial charge in [-0.3, -0.25) is 0 Å². The molecule has 47 valence electrons. The van der Waals surface area contributed by atoms with Crippen LogP contribution in [0, 0.1) is 7.43 Å². The number of hydrogen-bond donors (Lipinski definition) is 0. The average Bonchev–Trinajstić information content (AvgIpc) is 1.50. The monoisotopic (exact) mass is 180 g/mol. The van der Waals surface area contributed by atoms with Crippen molar-refractivity contribution < 1.29 is 32.7 Å². The van der Waals surface area contributed by atoms with Crippen molar-refractivity contribution in [2.75, 3.05) is 0 Å². The van der Waals surface area contributed by atoms with Crippen LogP contribution in [0.4, 0.5) is 0 Å². The van der Waals surface area contributed by atoms with Crippen LogP contribution >= 0.6 is 0 Å². The van der Waals surface area contributed by atoms with Crippen molar-refractivity contribution >= 4 is 0 Å². The molecule has 0 atom stereocenters. The summed E-state index contributed by atoms with van der Waals surface area (Å²) < 4.78 is 0. The van der Waals surface area contributed by atoms with Crippen molar-refractivity contribution in [3.05, 3.63) is 7.43 Å². The summed E-state index contributed by atoms with van der Waals surface area (Å²) in [7, 11) is 0. The van der Waals surface area contributed by atoms with Gasteiger partial charge in [0.15, 0.2) is 0 Å². The zero-order valence-corrected chi connectivity index (χ0v) is 8.42. The van der Waals surface area contributed by atoms with Gasteiger partial charge in [0.25, 0.3) is 0 Å². The van der Waals surface area contributed by atoms with Crippen molar-refractivity contribution in [3.8, 4) is 0 Å². The standard InChI is InChI=1S/2C2H6.CH4.CH3.Y/c2*1-2;;;/h2*1-2H3;1H4;1H3;/q;;;-1;. The van der Waals surface area contributed by atoms with E-state index in [9.17, 15) is 0 Å². The van der Waals surface area contributed by atoms with Gasteiger partial charge in [0.1, 0.15) is 0 Å². The van der Waals surface area contributed by atoms with Gasteiger partial charge in [-0.25, -0.2) is 0 Å². The number of rotatable bonds is 0. The maximum Gasteiger partial charge on any atom is 0 e. The van der Waals surface area contributed by atoms with E-state index in [1.54, 1.807) is 0 Å². The zero-order chi connectivity index (χ0) is 4.00. The summed E-state index contributed by atoms with van der Waals surface area (Å²) in [6, 6.07) is 0. The Hall–Kier alpha value is 1.10. The van der Waals surface area contributed by atoms with Crippen LogP contribution in [0.15, 0.2) is 0 Å². The second-order valence-corrected chi connectivity index (χ2v) is 0. The summed E-state index contributed by atoms with van der Waals surface area (Å²) in [5.41, 5.74) is 0. The van der Waals surface area contributed by atoms with Gasteiger partial charge < -0.3 is 7.43 Å². The Morgan fingerprint density at radius 3 is 0.714 bits per heavy atom. The predicted octanol–water partition coefficient (Wildman–Crippen LogP) is 3.14. The van der Waals surface area contributed by atoms with E-state index < -0.39 is 0 Å². The van der Waals surface area contributed by atoms with Gasteiger partial charge in [-0.2, -0.15) is 0 Å². The van der Waals surface area contributed by atoms with Crippen molar-refractivity contribution in [2.24, 2.45) is 0 Å². The molecular weight excluding hydrogens is 161 g/mol. The fourth-order valence-electron chi connectivity index (χ4n) is 0. The molecule has 0 spiro atoms. The Balaban J connectivity index is -0.00000000267. The Labute approximate surface area is 75.0 Å². The van der Waals surface area contributed by atoms with Crippen molar-refractivity contribution in [1.82, 2.24) is 0 Å². The molecule has 0 aliphatic heterocycles. The zero-order valence-electron chi connectivity index (χ0n) is 5.58. The van der Waals surface area contributed by atoms with Crippen LogP contribution in [-0.4, -0.2) is 0 Å². The first-order chi connectivity index (χ1) is 2.00. The minimum Gasteiger partial charge on any atom is -0.358 e. The summed E-state index contributed by atoms with van der Waals surface area (Å²) >= 11 is 0. The van der Waals surface area contributed by atoms with Crippen LogP contribution < -0.4 is 0 Å². The van der Waals surface area contributed by atoms with Gasteiger partial charge in [-0.1, -0.05) is 35.1 Å². The molecule has 1 heteroatoms. The van der Waals surface area contributed by atoms with Crippen LogP contribution in [-0.2, 0) is 32.7 Å². The summed E-state index contributed by atoms with van der Waals surface area (Å²) in [5.74, 6) is 0. The van der Waals surface area contributed by atoms with Gasteiger partial charge in [-0.15, -0.1) is 0 Å². The molecule has 0 saturated heterocycles. The normalized spacial score (nSPS) is 1.71. The van der Waals surface area contributed by atoms with E-state index in [2.05, 4.69) is 0 Å². The average molecular weight is 180 g/mol. The molecule has 0 heterocycles. The molecule has 0 fully saturated rings. The van der Waals surface area contributed by atoms with Crippen LogP contribution in [0.25, 0.3) is 0 Å². The smallest absolute Gasteiger partial charge is 0 e. The molecule has 0 saturated carbocycles. The first-order valence-electron chi connectivity index (χ1n) is 2.00. The van der Waals surface area contributed by atoms with Gasteiger partial charge in [0.05, 0.1) is 0 Å². The third-order valence-electron chi connectivity index (χ3n) is 0. The quantitative estimate of drug-likeness (QED) is 0.502. The van der Waals surface area contributed by atoms with E-state index in [1.165, 1.54) is 0 Å². The third-order valence-corrected chi connectivity index (χ3v) is 0. The van der Waals surface area contributed by atoms with Crippen molar-refractivity contribution in [2.45, 2.75) is 35.1 Å². The van der Waals surface area contributed by atoms with Crippen LogP contribution in [0.1, 0.15) is 35.1 Å². The van der Waals surface area contributed by atoms with E-state index in [0.717, 1.165) is 0 Å². The molecule has 0 N–H and O–H groups in total. The topological polar surface area (TPSA) is 0 Å². The third kappa shape index (κ3) is 152. The SMILES string of the molecule is C.CC.CC.[CH3-].[Y]. The Bertz CT molecular complexity index is 4.14. The minimum atomic E-state index is 0. The molecule has 0 nitrogen and oxygen atoms in total. The Kier molecular flexibility index (Phi) is 1320. The number of hydrogen-bond acceptors (Lipinski definition) is 0. The van der Waals surface area contributed by atoms with E-state index in [4.69, 9.17) is 0 Å². The summed E-state index contributed by atoms with van der Waals surface area (Å²) in [6.45, 7) is 8.00. The fraction of sp³-hybridized carbons (Fsp3) is 0.833. The van der Waals surface area contributed by atoms with Crippen molar-refractivity contribution in [3.63, 3.8) is 0 Å². The maximum atomic E-state index is 2.00. The first-order valence-corrected chi connectivity index (χ1v) is 2.00. The van der Waals surface area contributed by atoms with E-state index in [-0.39, 0.29) is 47.6 Å². The molecule has 0 aromatic heterocycles. The van der Waals surface area contributed by atoms with Crippen molar-refractivity contribution in [1.29, 1.82) is 0 Å². The fourth-order valence-corrected chi connectivity index (χ4v) is 0. The second kappa shape index (κ2) is 217. The maximum absolute atomic E-state index is 2.00. The molecule has 1 radical (unpaired) electrons. The Morgan fingerprint density at radius 2 is 0.714 bits per heavy atom. The molecular formula is C6H19Y-. The molecule has 0 unspecified atom stereocenters. The molecule has 0 aliphatic carbocycles. The van der Waals surface area contributed by atoms with Gasteiger partial charge in [0, 0.05) is 32.7 Å². The van der Waals surface area contributed by atoms with E-state index in [0.29, 0.717) is 0 Å². The summed E-state index contributed by atoms with van der Waals surface area (Å²) in [5, 5.41) is 0. The molecule has 0 bridgehead atoms. The molecule has 0 aromatic carbocycles. The molecule has 7 heavy (non-hydrogen) atoms. The molecule has 0 aliphatic rings. The van der Waals surface area contributed by atoms with E-state index in [1.807, 2.05) is 27.7 Å². The molecule has 0 amide bonds. The van der Waals surface area contributed by atoms with Gasteiger partial charge >= 0.3 is 0 Å². The Morgan fingerprint density at radius 1 is 0.714 bits per heavy atom. The summed E-state index contributed by atoms with van der Waals surface area (Å²) in [6.07, 6.45) is 0. The van der Waals surface area contributed by atoms with Gasteiger partial charge in [0.2, 0.25) is 0 Å². The largest absolute Gasteiger partial charge is 0.358 e.